The second-order valence-electron chi connectivity index (χ2n) is 6.80. The minimum Gasteiger partial charge on any atom is -0.346 e. The predicted octanol–water partition coefficient (Wildman–Crippen LogP) is 2.07. The highest BCUT2D eigenvalue weighted by Gasteiger charge is 2.13. The first kappa shape index (κ1) is 22.0. The van der Waals surface area contributed by atoms with Gasteiger partial charge >= 0.3 is 0 Å². The van der Waals surface area contributed by atoms with Crippen LogP contribution in [-0.4, -0.2) is 49.3 Å². The topological polar surface area (TPSA) is 90.5 Å². The van der Waals surface area contributed by atoms with Crippen LogP contribution < -0.4 is 16.0 Å². The van der Waals surface area contributed by atoms with Crippen molar-refractivity contribution in [3.8, 4) is 0 Å². The molecule has 3 N–H and O–H groups in total. The maximum atomic E-state index is 13.1. The van der Waals surface area contributed by atoms with Crippen molar-refractivity contribution in [2.45, 2.75) is 13.8 Å². The summed E-state index contributed by atoms with van der Waals surface area (Å²) in [4.78, 5) is 37.5. The summed E-state index contributed by atoms with van der Waals surface area (Å²) in [5.41, 5.74) is 3.08. The normalized spacial score (nSPS) is 10.5. The van der Waals surface area contributed by atoms with E-state index in [2.05, 4.69) is 16.0 Å². The molecule has 0 aliphatic rings. The summed E-state index contributed by atoms with van der Waals surface area (Å²) >= 11 is 0. The molecule has 0 bridgehead atoms. The molecule has 2 rings (SSSR count). The molecule has 0 fully saturated rings. The summed E-state index contributed by atoms with van der Waals surface area (Å²) in [7, 11) is 1.60. The van der Waals surface area contributed by atoms with E-state index in [-0.39, 0.29) is 37.4 Å². The lowest BCUT2D eigenvalue weighted by Gasteiger charge is -2.16. The SMILES string of the molecule is Cc1cccc(NC(=O)CNC(=O)CN(C)CC(=O)Nc2cccc(F)c2)c1C. The molecule has 0 aliphatic heterocycles. The van der Waals surface area contributed by atoms with Crippen LogP contribution in [-0.2, 0) is 14.4 Å². The molecular formula is C21H25FN4O3. The maximum absolute atomic E-state index is 13.1. The molecule has 0 unspecified atom stereocenters. The maximum Gasteiger partial charge on any atom is 0.243 e. The van der Waals surface area contributed by atoms with Crippen LogP contribution in [0.5, 0.6) is 0 Å². The largest absolute Gasteiger partial charge is 0.346 e. The fraction of sp³-hybridized carbons (Fsp3) is 0.286. The number of hydrogen-bond acceptors (Lipinski definition) is 4. The number of anilines is 2. The number of carbonyl (C=O) groups excluding carboxylic acids is 3. The molecule has 0 saturated heterocycles. The number of nitrogens with zero attached hydrogens (tertiary/aromatic N) is 1. The Morgan fingerprint density at radius 3 is 2.34 bits per heavy atom. The molecule has 7 nitrogen and oxygen atoms in total. The number of benzene rings is 2. The Hall–Kier alpha value is -3.26. The molecule has 0 aromatic heterocycles. The monoisotopic (exact) mass is 400 g/mol. The lowest BCUT2D eigenvalue weighted by Crippen LogP contribution is -2.41. The number of amides is 3. The lowest BCUT2D eigenvalue weighted by molar-refractivity contribution is -0.125. The highest BCUT2D eigenvalue weighted by Crippen LogP contribution is 2.17. The van der Waals surface area contributed by atoms with Crippen molar-refractivity contribution in [2.75, 3.05) is 37.3 Å². The first-order chi connectivity index (χ1) is 13.7. The van der Waals surface area contributed by atoms with E-state index in [1.807, 2.05) is 26.0 Å². The summed E-state index contributed by atoms with van der Waals surface area (Å²) in [6.45, 7) is 3.57. The number of halogens is 1. The number of carbonyl (C=O) groups is 3. The van der Waals surface area contributed by atoms with E-state index in [1.165, 1.54) is 23.1 Å². The fourth-order valence-electron chi connectivity index (χ4n) is 2.63. The molecule has 2 aromatic rings. The van der Waals surface area contributed by atoms with Crippen LogP contribution in [0.15, 0.2) is 42.5 Å². The quantitative estimate of drug-likeness (QED) is 0.633. The van der Waals surface area contributed by atoms with Crippen LogP contribution in [0.2, 0.25) is 0 Å². The Labute approximate surface area is 169 Å². The smallest absolute Gasteiger partial charge is 0.243 e. The molecule has 0 saturated carbocycles. The van der Waals surface area contributed by atoms with E-state index in [1.54, 1.807) is 19.2 Å². The number of rotatable bonds is 8. The summed E-state index contributed by atoms with van der Waals surface area (Å²) in [5.74, 6) is -1.55. The van der Waals surface area contributed by atoms with Crippen LogP contribution in [0.3, 0.4) is 0 Å². The predicted molar refractivity (Wildman–Crippen MR) is 110 cm³/mol. The zero-order chi connectivity index (χ0) is 21.4. The Morgan fingerprint density at radius 1 is 0.931 bits per heavy atom. The van der Waals surface area contributed by atoms with E-state index in [9.17, 15) is 18.8 Å². The average Bonchev–Trinajstić information content (AvgIpc) is 2.63. The van der Waals surface area contributed by atoms with Gasteiger partial charge < -0.3 is 16.0 Å². The fourth-order valence-corrected chi connectivity index (χ4v) is 2.63. The van der Waals surface area contributed by atoms with Crippen molar-refractivity contribution in [3.05, 3.63) is 59.4 Å². The van der Waals surface area contributed by atoms with E-state index < -0.39 is 5.82 Å². The second kappa shape index (κ2) is 10.3. The van der Waals surface area contributed by atoms with Crippen LogP contribution in [0.25, 0.3) is 0 Å². The van der Waals surface area contributed by atoms with Gasteiger partial charge in [-0.1, -0.05) is 18.2 Å². The molecule has 0 aliphatic carbocycles. The number of aryl methyl sites for hydroxylation is 1. The zero-order valence-corrected chi connectivity index (χ0v) is 16.7. The van der Waals surface area contributed by atoms with Crippen molar-refractivity contribution in [1.29, 1.82) is 0 Å². The van der Waals surface area contributed by atoms with E-state index in [0.29, 0.717) is 11.4 Å². The van der Waals surface area contributed by atoms with Crippen molar-refractivity contribution < 1.29 is 18.8 Å². The number of likely N-dealkylation sites (N-methyl/N-ethyl adjacent to an activating group) is 1. The highest BCUT2D eigenvalue weighted by molar-refractivity contribution is 5.95. The van der Waals surface area contributed by atoms with Gasteiger partial charge in [0.2, 0.25) is 17.7 Å². The third-order valence-corrected chi connectivity index (χ3v) is 4.26. The van der Waals surface area contributed by atoms with Crippen LogP contribution in [0.4, 0.5) is 15.8 Å². The molecule has 0 atom stereocenters. The van der Waals surface area contributed by atoms with Gasteiger partial charge in [-0.2, -0.15) is 0 Å². The van der Waals surface area contributed by atoms with Crippen molar-refractivity contribution in [3.63, 3.8) is 0 Å². The van der Waals surface area contributed by atoms with Crippen molar-refractivity contribution in [1.82, 2.24) is 10.2 Å². The van der Waals surface area contributed by atoms with Crippen molar-refractivity contribution >= 4 is 29.1 Å². The molecule has 2 aromatic carbocycles. The molecule has 8 heteroatoms. The van der Waals surface area contributed by atoms with Gasteiger partial charge in [0.1, 0.15) is 5.82 Å². The second-order valence-corrected chi connectivity index (χ2v) is 6.80. The number of hydrogen-bond donors (Lipinski definition) is 3. The lowest BCUT2D eigenvalue weighted by atomic mass is 10.1. The van der Waals surface area contributed by atoms with Gasteiger partial charge in [-0.15, -0.1) is 0 Å². The van der Waals surface area contributed by atoms with Gasteiger partial charge in [-0.3, -0.25) is 19.3 Å². The Morgan fingerprint density at radius 2 is 1.62 bits per heavy atom. The summed E-state index contributed by atoms with van der Waals surface area (Å²) < 4.78 is 13.1. The average molecular weight is 400 g/mol. The molecule has 154 valence electrons. The molecular weight excluding hydrogens is 375 g/mol. The van der Waals surface area contributed by atoms with Crippen molar-refractivity contribution in [2.24, 2.45) is 0 Å². The molecule has 0 radical (unpaired) electrons. The van der Waals surface area contributed by atoms with E-state index >= 15 is 0 Å². The third kappa shape index (κ3) is 7.34. The third-order valence-electron chi connectivity index (χ3n) is 4.26. The highest BCUT2D eigenvalue weighted by atomic mass is 19.1. The zero-order valence-electron chi connectivity index (χ0n) is 16.7. The first-order valence-electron chi connectivity index (χ1n) is 9.11. The van der Waals surface area contributed by atoms with Crippen LogP contribution in [0, 0.1) is 19.7 Å². The van der Waals surface area contributed by atoms with Gasteiger partial charge in [-0.25, -0.2) is 4.39 Å². The van der Waals surface area contributed by atoms with Gasteiger partial charge in [-0.05, 0) is 56.3 Å². The Balaban J connectivity index is 1.73. The van der Waals surface area contributed by atoms with E-state index in [0.717, 1.165) is 11.1 Å². The number of nitrogens with one attached hydrogen (secondary N) is 3. The summed E-state index contributed by atoms with van der Waals surface area (Å²) in [6, 6.07) is 11.1. The Bertz CT molecular complexity index is 901. The van der Waals surface area contributed by atoms with Gasteiger partial charge in [0, 0.05) is 11.4 Å². The Kier molecular flexibility index (Phi) is 7.85. The van der Waals surface area contributed by atoms with Crippen LogP contribution >= 0.6 is 0 Å². The molecule has 3 amide bonds. The van der Waals surface area contributed by atoms with Gasteiger partial charge in [0.25, 0.3) is 0 Å². The molecule has 29 heavy (non-hydrogen) atoms. The van der Waals surface area contributed by atoms with Gasteiger partial charge in [0.05, 0.1) is 19.6 Å². The molecule has 0 heterocycles. The van der Waals surface area contributed by atoms with E-state index in [4.69, 9.17) is 0 Å². The van der Waals surface area contributed by atoms with Crippen LogP contribution in [0.1, 0.15) is 11.1 Å². The summed E-state index contributed by atoms with van der Waals surface area (Å²) in [5, 5.41) is 7.84. The standard InChI is InChI=1S/C21H25FN4O3/c1-14-6-4-9-18(15(14)2)25-19(27)11-23-20(28)12-26(3)13-21(29)24-17-8-5-7-16(22)10-17/h4-10H,11-13H2,1-3H3,(H,23,28)(H,24,29)(H,25,27). The minimum atomic E-state index is -0.449. The minimum absolute atomic E-state index is 0.0569. The first-order valence-corrected chi connectivity index (χ1v) is 9.11. The summed E-state index contributed by atoms with van der Waals surface area (Å²) in [6.07, 6.45) is 0. The molecule has 0 spiro atoms. The van der Waals surface area contributed by atoms with Gasteiger partial charge in [0.15, 0.2) is 0 Å².